The highest BCUT2D eigenvalue weighted by Gasteiger charge is 2.25. The fourth-order valence-corrected chi connectivity index (χ4v) is 2.31. The summed E-state index contributed by atoms with van der Waals surface area (Å²) in [4.78, 5) is 13.1. The number of carbonyl (C=O) groups is 1. The van der Waals surface area contributed by atoms with Gasteiger partial charge in [-0.1, -0.05) is 16.6 Å². The fourth-order valence-electron chi connectivity index (χ4n) is 1.64. The van der Waals surface area contributed by atoms with Gasteiger partial charge >= 0.3 is 0 Å². The van der Waals surface area contributed by atoms with E-state index >= 15 is 0 Å². The van der Waals surface area contributed by atoms with Gasteiger partial charge in [-0.25, -0.2) is 13.2 Å². The molecule has 4 nitrogen and oxygen atoms in total. The molecule has 2 rings (SSSR count). The highest BCUT2D eigenvalue weighted by Crippen LogP contribution is 2.24. The zero-order valence-electron chi connectivity index (χ0n) is 10.4. The quantitative estimate of drug-likeness (QED) is 0.872. The predicted octanol–water partition coefficient (Wildman–Crippen LogP) is 2.89. The van der Waals surface area contributed by atoms with Gasteiger partial charge < -0.3 is 4.90 Å². The van der Waals surface area contributed by atoms with Crippen molar-refractivity contribution >= 4 is 17.4 Å². The average Bonchev–Trinajstić information content (AvgIpc) is 2.87. The lowest BCUT2D eigenvalue weighted by Gasteiger charge is -2.16. The Hall–Kier alpha value is -1.96. The molecule has 0 radical (unpaired) electrons. The van der Waals surface area contributed by atoms with E-state index < -0.39 is 23.8 Å². The maximum absolute atomic E-state index is 13.0. The summed E-state index contributed by atoms with van der Waals surface area (Å²) >= 11 is 0.622. The molecular formula is C12H10F3N3OS. The highest BCUT2D eigenvalue weighted by molar-refractivity contribution is 7.08. The molecule has 2 aromatic rings. The molecule has 0 aliphatic carbocycles. The van der Waals surface area contributed by atoms with Gasteiger partial charge in [0.05, 0.1) is 0 Å². The van der Waals surface area contributed by atoms with E-state index in [1.54, 1.807) is 6.07 Å². The standard InChI is InChI=1S/C12H10F3N3OS/c1-18(6-7-3-2-4-8(13)5-7)12(19)10-9(11(14)15)16-17-20-10/h2-5,11H,6H2,1H3. The van der Waals surface area contributed by atoms with Crippen LogP contribution in [-0.4, -0.2) is 27.4 Å². The van der Waals surface area contributed by atoms with Gasteiger partial charge in [0.2, 0.25) is 0 Å². The molecule has 1 aromatic carbocycles. The fraction of sp³-hybridized carbons (Fsp3) is 0.250. The van der Waals surface area contributed by atoms with Crippen molar-refractivity contribution in [1.82, 2.24) is 14.5 Å². The van der Waals surface area contributed by atoms with Gasteiger partial charge in [0, 0.05) is 13.6 Å². The predicted molar refractivity (Wildman–Crippen MR) is 67.1 cm³/mol. The third kappa shape index (κ3) is 3.13. The Bertz CT molecular complexity index is 617. The molecule has 1 amide bonds. The van der Waals surface area contributed by atoms with Gasteiger partial charge in [0.15, 0.2) is 5.69 Å². The molecule has 1 aromatic heterocycles. The van der Waals surface area contributed by atoms with Crippen LogP contribution in [0.2, 0.25) is 0 Å². The number of nitrogens with zero attached hydrogens (tertiary/aromatic N) is 3. The summed E-state index contributed by atoms with van der Waals surface area (Å²) < 4.78 is 41.7. The topological polar surface area (TPSA) is 46.1 Å². The van der Waals surface area contributed by atoms with E-state index in [1.807, 2.05) is 0 Å². The Morgan fingerprint density at radius 2 is 2.20 bits per heavy atom. The van der Waals surface area contributed by atoms with Crippen LogP contribution < -0.4 is 0 Å². The molecule has 0 saturated carbocycles. The first-order valence-electron chi connectivity index (χ1n) is 5.59. The van der Waals surface area contributed by atoms with Crippen LogP contribution in [0.15, 0.2) is 24.3 Å². The van der Waals surface area contributed by atoms with E-state index in [0.29, 0.717) is 17.1 Å². The van der Waals surface area contributed by atoms with Crippen LogP contribution in [0.5, 0.6) is 0 Å². The number of rotatable bonds is 4. The summed E-state index contributed by atoms with van der Waals surface area (Å²) in [6.07, 6.45) is -2.85. The number of alkyl halides is 2. The molecule has 1 heterocycles. The van der Waals surface area contributed by atoms with Gasteiger partial charge in [-0.3, -0.25) is 4.79 Å². The van der Waals surface area contributed by atoms with Crippen LogP contribution in [0.25, 0.3) is 0 Å². The van der Waals surface area contributed by atoms with Crippen molar-refractivity contribution in [1.29, 1.82) is 0 Å². The minimum absolute atomic E-state index is 0.108. The molecule has 0 fully saturated rings. The van der Waals surface area contributed by atoms with E-state index in [4.69, 9.17) is 0 Å². The van der Waals surface area contributed by atoms with Gasteiger partial charge in [-0.2, -0.15) is 0 Å². The Morgan fingerprint density at radius 3 is 2.85 bits per heavy atom. The van der Waals surface area contributed by atoms with Gasteiger partial charge in [-0.15, -0.1) is 5.10 Å². The summed E-state index contributed by atoms with van der Waals surface area (Å²) in [7, 11) is 1.45. The Balaban J connectivity index is 2.14. The smallest absolute Gasteiger partial charge is 0.283 e. The van der Waals surface area contributed by atoms with E-state index in [9.17, 15) is 18.0 Å². The minimum Gasteiger partial charge on any atom is -0.337 e. The lowest BCUT2D eigenvalue weighted by atomic mass is 10.2. The van der Waals surface area contributed by atoms with E-state index in [-0.39, 0.29) is 11.4 Å². The molecule has 106 valence electrons. The molecule has 0 N–H and O–H groups in total. The molecule has 8 heteroatoms. The number of carbonyl (C=O) groups excluding carboxylic acids is 1. The Kier molecular flexibility index (Phi) is 4.33. The third-order valence-electron chi connectivity index (χ3n) is 2.57. The lowest BCUT2D eigenvalue weighted by molar-refractivity contribution is 0.0776. The van der Waals surface area contributed by atoms with Crippen molar-refractivity contribution in [2.75, 3.05) is 7.05 Å². The highest BCUT2D eigenvalue weighted by atomic mass is 32.1. The number of halogens is 3. The van der Waals surface area contributed by atoms with Gasteiger partial charge in [-0.05, 0) is 29.2 Å². The first-order valence-corrected chi connectivity index (χ1v) is 6.36. The van der Waals surface area contributed by atoms with Crippen LogP contribution in [-0.2, 0) is 6.54 Å². The number of aromatic nitrogens is 2. The second-order valence-corrected chi connectivity index (χ2v) is 4.83. The normalized spacial score (nSPS) is 10.8. The summed E-state index contributed by atoms with van der Waals surface area (Å²) in [6.45, 7) is 0.108. The minimum atomic E-state index is -2.85. The van der Waals surface area contributed by atoms with Crippen molar-refractivity contribution in [2.45, 2.75) is 13.0 Å². The van der Waals surface area contributed by atoms with Gasteiger partial charge in [0.1, 0.15) is 10.7 Å². The number of hydrogen-bond donors (Lipinski definition) is 0. The molecule has 0 atom stereocenters. The van der Waals surface area contributed by atoms with Crippen LogP contribution in [0, 0.1) is 5.82 Å². The largest absolute Gasteiger partial charge is 0.337 e. The Morgan fingerprint density at radius 1 is 1.45 bits per heavy atom. The van der Waals surface area contributed by atoms with E-state index in [1.165, 1.54) is 30.1 Å². The number of benzene rings is 1. The molecule has 0 aliphatic heterocycles. The van der Waals surface area contributed by atoms with E-state index in [0.717, 1.165) is 0 Å². The third-order valence-corrected chi connectivity index (χ3v) is 3.30. The summed E-state index contributed by atoms with van der Waals surface area (Å²) in [5.41, 5.74) is -0.0528. The molecular weight excluding hydrogens is 291 g/mol. The second kappa shape index (κ2) is 6.00. The lowest BCUT2D eigenvalue weighted by Crippen LogP contribution is -2.26. The summed E-state index contributed by atoms with van der Waals surface area (Å²) in [5, 5.41) is 3.25. The van der Waals surface area contributed by atoms with Crippen LogP contribution in [0.1, 0.15) is 27.4 Å². The van der Waals surface area contributed by atoms with Crippen molar-refractivity contribution in [3.63, 3.8) is 0 Å². The van der Waals surface area contributed by atoms with E-state index in [2.05, 4.69) is 9.59 Å². The van der Waals surface area contributed by atoms with Crippen LogP contribution >= 0.6 is 11.5 Å². The maximum Gasteiger partial charge on any atom is 0.283 e. The van der Waals surface area contributed by atoms with Crippen LogP contribution in [0.4, 0.5) is 13.2 Å². The van der Waals surface area contributed by atoms with Crippen LogP contribution in [0.3, 0.4) is 0 Å². The molecule has 0 unspecified atom stereocenters. The van der Waals surface area contributed by atoms with Crippen molar-refractivity contribution in [2.24, 2.45) is 0 Å². The second-order valence-electron chi connectivity index (χ2n) is 4.08. The van der Waals surface area contributed by atoms with Crippen molar-refractivity contribution in [3.05, 3.63) is 46.2 Å². The zero-order chi connectivity index (χ0) is 14.7. The SMILES string of the molecule is CN(Cc1cccc(F)c1)C(=O)c1snnc1C(F)F. The first-order chi connectivity index (χ1) is 9.49. The monoisotopic (exact) mass is 301 g/mol. The first kappa shape index (κ1) is 14.4. The molecule has 0 bridgehead atoms. The Labute approximate surface area is 117 Å². The zero-order valence-corrected chi connectivity index (χ0v) is 11.2. The summed E-state index contributed by atoms with van der Waals surface area (Å²) in [5.74, 6) is -1.03. The molecule has 0 spiro atoms. The van der Waals surface area contributed by atoms with Crippen molar-refractivity contribution < 1.29 is 18.0 Å². The molecule has 20 heavy (non-hydrogen) atoms. The van der Waals surface area contributed by atoms with Gasteiger partial charge in [0.25, 0.3) is 12.3 Å². The van der Waals surface area contributed by atoms with Crippen molar-refractivity contribution in [3.8, 4) is 0 Å². The molecule has 0 saturated heterocycles. The maximum atomic E-state index is 13.0. The summed E-state index contributed by atoms with van der Waals surface area (Å²) in [6, 6.07) is 5.73. The average molecular weight is 301 g/mol. The number of amides is 1. The molecule has 0 aliphatic rings. The number of hydrogen-bond acceptors (Lipinski definition) is 4.